The van der Waals surface area contributed by atoms with Crippen LogP contribution in [-0.2, 0) is 0 Å². The summed E-state index contributed by atoms with van der Waals surface area (Å²) in [7, 11) is 0. The monoisotopic (exact) mass is 389 g/mol. The van der Waals surface area contributed by atoms with Crippen LogP contribution in [0.1, 0.15) is 6.92 Å². The summed E-state index contributed by atoms with van der Waals surface area (Å²) in [5.41, 5.74) is 2.11. The maximum absolute atomic E-state index is 9.27. The highest BCUT2D eigenvalue weighted by Gasteiger charge is 2.10. The Morgan fingerprint density at radius 3 is 2.58 bits per heavy atom. The lowest BCUT2D eigenvalue weighted by molar-refractivity contribution is 0.281. The molecule has 0 spiro atoms. The maximum Gasteiger partial charge on any atom is 0.225 e. The van der Waals surface area contributed by atoms with Crippen molar-refractivity contribution >= 4 is 40.7 Å². The van der Waals surface area contributed by atoms with E-state index in [1.54, 1.807) is 30.5 Å². The number of hydrogen-bond donors (Lipinski definition) is 3. The largest absolute Gasteiger partial charge is 0.394 e. The van der Waals surface area contributed by atoms with Crippen molar-refractivity contribution in [1.82, 2.24) is 15.0 Å². The van der Waals surface area contributed by atoms with Gasteiger partial charge in [-0.05, 0) is 37.3 Å². The van der Waals surface area contributed by atoms with Crippen LogP contribution < -0.4 is 10.6 Å². The number of rotatable bonds is 6. The van der Waals surface area contributed by atoms with Crippen LogP contribution in [0.2, 0.25) is 10.0 Å². The zero-order chi connectivity index (χ0) is 18.5. The number of aromatic nitrogens is 3. The molecule has 0 fully saturated rings. The van der Waals surface area contributed by atoms with E-state index in [-0.39, 0.29) is 12.6 Å². The molecule has 26 heavy (non-hydrogen) atoms. The molecule has 0 aliphatic carbocycles. The molecular formula is C18H17Cl2N5O. The first kappa shape index (κ1) is 18.4. The third kappa shape index (κ3) is 4.60. The average Bonchev–Trinajstić information content (AvgIpc) is 2.65. The average molecular weight is 390 g/mol. The summed E-state index contributed by atoms with van der Waals surface area (Å²) in [6.45, 7) is 1.80. The first-order valence-electron chi connectivity index (χ1n) is 7.95. The molecule has 6 nitrogen and oxygen atoms in total. The predicted molar refractivity (Wildman–Crippen MR) is 105 cm³/mol. The van der Waals surface area contributed by atoms with E-state index in [0.29, 0.717) is 33.2 Å². The Morgan fingerprint density at radius 1 is 1.04 bits per heavy atom. The summed E-state index contributed by atoms with van der Waals surface area (Å²) in [6, 6.07) is 12.4. The van der Waals surface area contributed by atoms with Crippen molar-refractivity contribution < 1.29 is 5.11 Å². The molecular weight excluding hydrogens is 373 g/mol. The summed E-state index contributed by atoms with van der Waals surface area (Å²) in [5, 5.41) is 16.4. The van der Waals surface area contributed by atoms with Crippen molar-refractivity contribution in [3.8, 4) is 11.4 Å². The van der Waals surface area contributed by atoms with Crippen LogP contribution in [0.5, 0.6) is 0 Å². The van der Waals surface area contributed by atoms with Crippen LogP contribution in [0.25, 0.3) is 11.4 Å². The van der Waals surface area contributed by atoms with Gasteiger partial charge in [-0.3, -0.25) is 4.98 Å². The molecule has 0 aliphatic rings. The molecule has 3 aromatic rings. The smallest absolute Gasteiger partial charge is 0.225 e. The van der Waals surface area contributed by atoms with Gasteiger partial charge in [-0.15, -0.1) is 0 Å². The lowest BCUT2D eigenvalue weighted by Gasteiger charge is -2.14. The number of nitrogens with one attached hydrogen (secondary N) is 2. The van der Waals surface area contributed by atoms with E-state index in [1.165, 1.54) is 0 Å². The van der Waals surface area contributed by atoms with Gasteiger partial charge in [0.1, 0.15) is 5.82 Å². The Balaban J connectivity index is 1.97. The highest BCUT2D eigenvalue weighted by atomic mass is 35.5. The molecule has 0 amide bonds. The molecule has 1 atom stereocenters. The first-order chi connectivity index (χ1) is 12.5. The third-order valence-corrected chi connectivity index (χ3v) is 4.23. The van der Waals surface area contributed by atoms with Crippen LogP contribution in [0, 0.1) is 0 Å². The van der Waals surface area contributed by atoms with E-state index in [2.05, 4.69) is 25.6 Å². The van der Waals surface area contributed by atoms with Crippen LogP contribution >= 0.6 is 23.2 Å². The minimum atomic E-state index is -0.188. The van der Waals surface area contributed by atoms with Gasteiger partial charge in [0.25, 0.3) is 0 Å². The van der Waals surface area contributed by atoms with E-state index < -0.39 is 0 Å². The number of aliphatic hydroxyl groups is 1. The SMILES string of the molecule is C[C@H](CO)Nc1nc(Nc2ccc(Cl)c(Cl)c2)cc(-c2ccccn2)n1. The van der Waals surface area contributed by atoms with Gasteiger partial charge in [0.15, 0.2) is 0 Å². The van der Waals surface area contributed by atoms with Crippen molar-refractivity contribution in [3.63, 3.8) is 0 Å². The molecule has 0 saturated carbocycles. The number of halogens is 2. The molecule has 2 aromatic heterocycles. The van der Waals surface area contributed by atoms with Crippen molar-refractivity contribution in [3.05, 3.63) is 58.7 Å². The normalized spacial score (nSPS) is 11.8. The number of hydrogen-bond acceptors (Lipinski definition) is 6. The standard InChI is InChI=1S/C18H17Cl2N5O/c1-11(10-26)22-18-24-16(15-4-2-3-7-21-15)9-17(25-18)23-12-5-6-13(19)14(20)8-12/h2-9,11,26H,10H2,1H3,(H2,22,23,24,25)/t11-/m1/s1. The molecule has 3 N–H and O–H groups in total. The minimum Gasteiger partial charge on any atom is -0.394 e. The molecule has 134 valence electrons. The molecule has 0 saturated heterocycles. The first-order valence-corrected chi connectivity index (χ1v) is 8.70. The highest BCUT2D eigenvalue weighted by molar-refractivity contribution is 6.42. The number of nitrogens with zero attached hydrogens (tertiary/aromatic N) is 3. The van der Waals surface area contributed by atoms with Crippen molar-refractivity contribution in [2.75, 3.05) is 17.2 Å². The Bertz CT molecular complexity index is 892. The van der Waals surface area contributed by atoms with Crippen LogP contribution in [0.4, 0.5) is 17.5 Å². The lowest BCUT2D eigenvalue weighted by Crippen LogP contribution is -2.21. The summed E-state index contributed by atoms with van der Waals surface area (Å²) in [5.74, 6) is 0.948. The summed E-state index contributed by atoms with van der Waals surface area (Å²) in [6.07, 6.45) is 1.70. The van der Waals surface area contributed by atoms with Gasteiger partial charge in [0, 0.05) is 24.0 Å². The summed E-state index contributed by atoms with van der Waals surface area (Å²) in [4.78, 5) is 13.3. The quantitative estimate of drug-likeness (QED) is 0.579. The Hall–Kier alpha value is -2.41. The molecule has 3 rings (SSSR count). The zero-order valence-electron chi connectivity index (χ0n) is 13.9. The number of pyridine rings is 1. The fraction of sp³-hybridized carbons (Fsp3) is 0.167. The molecule has 0 aliphatic heterocycles. The van der Waals surface area contributed by atoms with Gasteiger partial charge < -0.3 is 15.7 Å². The minimum absolute atomic E-state index is 0.0350. The van der Waals surface area contributed by atoms with Crippen LogP contribution in [0.15, 0.2) is 48.7 Å². The Labute approximate surface area is 161 Å². The molecule has 1 aromatic carbocycles. The molecule has 0 bridgehead atoms. The van der Waals surface area contributed by atoms with E-state index in [9.17, 15) is 5.11 Å². The topological polar surface area (TPSA) is 83.0 Å². The van der Waals surface area contributed by atoms with Crippen LogP contribution in [0.3, 0.4) is 0 Å². The van der Waals surface area contributed by atoms with Gasteiger partial charge in [0.05, 0.1) is 28.0 Å². The maximum atomic E-state index is 9.27. The van der Waals surface area contributed by atoms with Gasteiger partial charge in [-0.2, -0.15) is 4.98 Å². The highest BCUT2D eigenvalue weighted by Crippen LogP contribution is 2.28. The zero-order valence-corrected chi connectivity index (χ0v) is 15.5. The molecule has 0 unspecified atom stereocenters. The fourth-order valence-corrected chi connectivity index (χ4v) is 2.51. The number of benzene rings is 1. The molecule has 0 radical (unpaired) electrons. The van der Waals surface area contributed by atoms with Gasteiger partial charge in [0.2, 0.25) is 5.95 Å². The molecule has 8 heteroatoms. The summed E-state index contributed by atoms with van der Waals surface area (Å²) < 4.78 is 0. The van der Waals surface area contributed by atoms with E-state index in [0.717, 1.165) is 5.69 Å². The van der Waals surface area contributed by atoms with E-state index >= 15 is 0 Å². The van der Waals surface area contributed by atoms with Crippen LogP contribution in [-0.4, -0.2) is 32.7 Å². The van der Waals surface area contributed by atoms with Gasteiger partial charge in [-0.1, -0.05) is 29.3 Å². The summed E-state index contributed by atoms with van der Waals surface area (Å²) >= 11 is 12.0. The molecule has 2 heterocycles. The second-order valence-corrected chi connectivity index (χ2v) is 6.47. The third-order valence-electron chi connectivity index (χ3n) is 3.49. The lowest BCUT2D eigenvalue weighted by atomic mass is 10.2. The van der Waals surface area contributed by atoms with Crippen molar-refractivity contribution in [2.45, 2.75) is 13.0 Å². The van der Waals surface area contributed by atoms with Crippen molar-refractivity contribution in [1.29, 1.82) is 0 Å². The number of anilines is 3. The van der Waals surface area contributed by atoms with E-state index in [4.69, 9.17) is 23.2 Å². The second-order valence-electron chi connectivity index (χ2n) is 5.66. The van der Waals surface area contributed by atoms with Gasteiger partial charge in [-0.25, -0.2) is 4.98 Å². The Kier molecular flexibility index (Phi) is 5.88. The predicted octanol–water partition coefficient (Wildman–Crippen LogP) is 4.38. The number of aliphatic hydroxyl groups excluding tert-OH is 1. The second kappa shape index (κ2) is 8.31. The van der Waals surface area contributed by atoms with Crippen molar-refractivity contribution in [2.24, 2.45) is 0 Å². The van der Waals surface area contributed by atoms with E-state index in [1.807, 2.05) is 25.1 Å². The van der Waals surface area contributed by atoms with Gasteiger partial charge >= 0.3 is 0 Å². The fourth-order valence-electron chi connectivity index (χ4n) is 2.21. The Morgan fingerprint density at radius 2 is 1.88 bits per heavy atom.